The molecule has 0 bridgehead atoms. The Morgan fingerprint density at radius 2 is 1.73 bits per heavy atom. The lowest BCUT2D eigenvalue weighted by Gasteiger charge is -2.12. The number of thioether (sulfide) groups is 1. The topological polar surface area (TPSA) is 60.4 Å². The normalized spacial score (nSPS) is 16.4. The molecule has 6 nitrogen and oxygen atoms in total. The van der Waals surface area contributed by atoms with Crippen LogP contribution in [-0.2, 0) is 4.79 Å². The van der Waals surface area contributed by atoms with Crippen LogP contribution in [0.25, 0.3) is 6.08 Å². The highest BCUT2D eigenvalue weighted by Gasteiger charge is 2.32. The molecule has 0 spiro atoms. The molecule has 2 aromatic carbocycles. The summed E-state index contributed by atoms with van der Waals surface area (Å²) in [5, 5.41) is 0.663. The first kappa shape index (κ1) is 21.8. The Morgan fingerprint density at radius 3 is 2.37 bits per heavy atom. The molecule has 7 heteroatoms. The van der Waals surface area contributed by atoms with Crippen molar-refractivity contribution in [1.82, 2.24) is 4.90 Å². The number of amides is 1. The number of carbonyl (C=O) groups excluding carboxylic acids is 1. The van der Waals surface area contributed by atoms with Crippen LogP contribution in [0.2, 0.25) is 0 Å². The third kappa shape index (κ3) is 4.97. The molecule has 0 aromatic heterocycles. The zero-order valence-electron chi connectivity index (χ0n) is 17.7. The van der Waals surface area contributed by atoms with E-state index in [1.54, 1.807) is 12.0 Å². The maximum Gasteiger partial charge on any atom is 0.266 e. The molecule has 2 aromatic rings. The molecule has 1 aliphatic rings. The van der Waals surface area contributed by atoms with E-state index in [2.05, 4.69) is 4.99 Å². The summed E-state index contributed by atoms with van der Waals surface area (Å²) in [6.07, 6.45) is 1.86. The molecule has 30 heavy (non-hydrogen) atoms. The summed E-state index contributed by atoms with van der Waals surface area (Å²) >= 11 is 1.37. The van der Waals surface area contributed by atoms with E-state index in [9.17, 15) is 4.79 Å². The van der Waals surface area contributed by atoms with Crippen molar-refractivity contribution in [2.45, 2.75) is 20.8 Å². The fourth-order valence-electron chi connectivity index (χ4n) is 2.96. The Morgan fingerprint density at radius 1 is 1.00 bits per heavy atom. The Hall–Kier alpha value is -2.93. The van der Waals surface area contributed by atoms with Crippen molar-refractivity contribution in [3.05, 3.63) is 52.9 Å². The molecule has 1 amide bonds. The molecule has 1 fully saturated rings. The molecule has 3 rings (SSSR count). The fraction of sp³-hybridized carbons (Fsp3) is 0.304. The largest absolute Gasteiger partial charge is 0.494 e. The predicted molar refractivity (Wildman–Crippen MR) is 122 cm³/mol. The summed E-state index contributed by atoms with van der Waals surface area (Å²) in [5.74, 6) is 2.06. The van der Waals surface area contributed by atoms with Gasteiger partial charge in [0.2, 0.25) is 0 Å². The molecule has 158 valence electrons. The molecule has 0 N–H and O–H groups in total. The van der Waals surface area contributed by atoms with Crippen LogP contribution in [0, 0.1) is 0 Å². The fourth-order valence-corrected chi connectivity index (χ4v) is 4.03. The minimum Gasteiger partial charge on any atom is -0.494 e. The number of aliphatic imine (C=N–C) groups is 1. The molecular weight excluding hydrogens is 400 g/mol. The third-order valence-corrected chi connectivity index (χ3v) is 5.37. The van der Waals surface area contributed by atoms with Gasteiger partial charge in [-0.25, -0.2) is 4.99 Å². The minimum absolute atomic E-state index is 0.0555. The van der Waals surface area contributed by atoms with Crippen molar-refractivity contribution in [2.75, 3.05) is 26.9 Å². The second-order valence-electron chi connectivity index (χ2n) is 6.32. The first-order valence-electron chi connectivity index (χ1n) is 9.93. The number of likely N-dealkylation sites (N-methyl/N-ethyl adjacent to an activating group) is 1. The molecular formula is C23H26N2O4S. The quantitative estimate of drug-likeness (QED) is 0.549. The number of amidine groups is 1. The Labute approximate surface area is 181 Å². The number of ether oxygens (including phenoxy) is 3. The molecule has 1 saturated heterocycles. The summed E-state index contributed by atoms with van der Waals surface area (Å²) in [6, 6.07) is 13.2. The van der Waals surface area contributed by atoms with Crippen LogP contribution in [0.5, 0.6) is 17.2 Å². The predicted octanol–water partition coefficient (Wildman–Crippen LogP) is 5.12. The molecule has 0 atom stereocenters. The smallest absolute Gasteiger partial charge is 0.266 e. The summed E-state index contributed by atoms with van der Waals surface area (Å²) in [6.45, 7) is 7.53. The van der Waals surface area contributed by atoms with Gasteiger partial charge < -0.3 is 14.2 Å². The Kier molecular flexibility index (Phi) is 7.41. The van der Waals surface area contributed by atoms with Crippen LogP contribution in [0.1, 0.15) is 26.3 Å². The number of hydrogen-bond acceptors (Lipinski definition) is 6. The average Bonchev–Trinajstić information content (AvgIpc) is 3.04. The highest BCUT2D eigenvalue weighted by Crippen LogP contribution is 2.36. The molecule has 0 saturated carbocycles. The van der Waals surface area contributed by atoms with Gasteiger partial charge in [-0.15, -0.1) is 0 Å². The number of benzene rings is 2. The first-order chi connectivity index (χ1) is 14.6. The highest BCUT2D eigenvalue weighted by atomic mass is 32.2. The summed E-state index contributed by atoms with van der Waals surface area (Å²) in [5.41, 5.74) is 1.64. The standard InChI is InChI=1S/C23H26N2O4S/c1-5-25-22(26)21(15-16-8-13-19(29-7-3)20(14-16)27-4)30-23(25)24-17-9-11-18(12-10-17)28-6-2/h8-15H,5-7H2,1-4H3. The highest BCUT2D eigenvalue weighted by molar-refractivity contribution is 8.18. The van der Waals surface area contributed by atoms with E-state index in [1.165, 1.54) is 11.8 Å². The second kappa shape index (κ2) is 10.2. The van der Waals surface area contributed by atoms with Gasteiger partial charge in [-0.05, 0) is 80.6 Å². The van der Waals surface area contributed by atoms with Crippen LogP contribution in [0.3, 0.4) is 0 Å². The monoisotopic (exact) mass is 426 g/mol. The van der Waals surface area contributed by atoms with Crippen molar-refractivity contribution in [3.63, 3.8) is 0 Å². The van der Waals surface area contributed by atoms with Gasteiger partial charge in [-0.1, -0.05) is 6.07 Å². The lowest BCUT2D eigenvalue weighted by molar-refractivity contribution is -0.122. The van der Waals surface area contributed by atoms with Gasteiger partial charge >= 0.3 is 0 Å². The van der Waals surface area contributed by atoms with Crippen LogP contribution in [0.15, 0.2) is 52.4 Å². The van der Waals surface area contributed by atoms with Crippen LogP contribution >= 0.6 is 11.8 Å². The molecule has 1 heterocycles. The number of carbonyl (C=O) groups is 1. The summed E-state index contributed by atoms with van der Waals surface area (Å²) in [4.78, 5) is 19.9. The Bertz CT molecular complexity index is 954. The van der Waals surface area contributed by atoms with Gasteiger partial charge in [0.1, 0.15) is 5.75 Å². The lowest BCUT2D eigenvalue weighted by Crippen LogP contribution is -2.28. The maximum atomic E-state index is 12.9. The SMILES string of the molecule is CCOc1ccc(N=C2SC(=Cc3ccc(OCC)c(OC)c3)C(=O)N2CC)cc1. The molecule has 0 aliphatic carbocycles. The zero-order valence-corrected chi connectivity index (χ0v) is 18.5. The van der Waals surface area contributed by atoms with E-state index < -0.39 is 0 Å². The van der Waals surface area contributed by atoms with Crippen LogP contribution in [0.4, 0.5) is 5.69 Å². The van der Waals surface area contributed by atoms with Crippen molar-refractivity contribution in [3.8, 4) is 17.2 Å². The third-order valence-electron chi connectivity index (χ3n) is 4.36. The first-order valence-corrected chi connectivity index (χ1v) is 10.7. The van der Waals surface area contributed by atoms with Gasteiger partial charge in [0.25, 0.3) is 5.91 Å². The van der Waals surface area contributed by atoms with Crippen molar-refractivity contribution in [2.24, 2.45) is 4.99 Å². The second-order valence-corrected chi connectivity index (χ2v) is 7.33. The van der Waals surface area contributed by atoms with E-state index in [4.69, 9.17) is 14.2 Å². The number of nitrogens with zero attached hydrogens (tertiary/aromatic N) is 2. The van der Waals surface area contributed by atoms with E-state index in [1.807, 2.05) is 69.3 Å². The van der Waals surface area contributed by atoms with Crippen molar-refractivity contribution >= 4 is 34.6 Å². The van der Waals surface area contributed by atoms with E-state index in [0.29, 0.717) is 41.3 Å². The lowest BCUT2D eigenvalue weighted by atomic mass is 10.2. The number of rotatable bonds is 8. The van der Waals surface area contributed by atoms with Gasteiger partial charge in [0, 0.05) is 6.54 Å². The summed E-state index contributed by atoms with van der Waals surface area (Å²) in [7, 11) is 1.60. The zero-order chi connectivity index (χ0) is 21.5. The van der Waals surface area contributed by atoms with Crippen LogP contribution in [-0.4, -0.2) is 42.8 Å². The van der Waals surface area contributed by atoms with Gasteiger partial charge in [-0.2, -0.15) is 0 Å². The van der Waals surface area contributed by atoms with Gasteiger partial charge in [-0.3, -0.25) is 9.69 Å². The van der Waals surface area contributed by atoms with Crippen molar-refractivity contribution in [1.29, 1.82) is 0 Å². The van der Waals surface area contributed by atoms with Gasteiger partial charge in [0.15, 0.2) is 16.7 Å². The number of hydrogen-bond donors (Lipinski definition) is 0. The number of methoxy groups -OCH3 is 1. The molecule has 0 radical (unpaired) electrons. The van der Waals surface area contributed by atoms with E-state index >= 15 is 0 Å². The maximum absolute atomic E-state index is 12.9. The Balaban J connectivity index is 1.86. The van der Waals surface area contributed by atoms with Gasteiger partial charge in [0.05, 0.1) is 30.9 Å². The minimum atomic E-state index is -0.0555. The van der Waals surface area contributed by atoms with Crippen LogP contribution < -0.4 is 14.2 Å². The average molecular weight is 427 g/mol. The van der Waals surface area contributed by atoms with Crippen molar-refractivity contribution < 1.29 is 19.0 Å². The molecule has 0 unspecified atom stereocenters. The molecule has 1 aliphatic heterocycles. The van der Waals surface area contributed by atoms with E-state index in [-0.39, 0.29) is 5.91 Å². The van der Waals surface area contributed by atoms with E-state index in [0.717, 1.165) is 17.0 Å². The summed E-state index contributed by atoms with van der Waals surface area (Å²) < 4.78 is 16.4.